The van der Waals surface area contributed by atoms with E-state index in [0.717, 1.165) is 12.8 Å². The van der Waals surface area contributed by atoms with Crippen LogP contribution in [0.1, 0.15) is 23.2 Å². The number of carbonyl (C=O) groups is 1. The van der Waals surface area contributed by atoms with E-state index in [0.29, 0.717) is 18.7 Å². The third kappa shape index (κ3) is 3.34. The van der Waals surface area contributed by atoms with Gasteiger partial charge in [-0.2, -0.15) is 5.10 Å². The molecule has 2 heterocycles. The number of nitrogens with one attached hydrogen (secondary N) is 1. The molecule has 1 aliphatic rings. The smallest absolute Gasteiger partial charge is 0.254 e. The van der Waals surface area contributed by atoms with Gasteiger partial charge in [0.05, 0.1) is 17.5 Å². The number of nitrogens with zero attached hydrogens (tertiary/aromatic N) is 3. The average Bonchev–Trinajstić information content (AvgIpc) is 3.26. The van der Waals surface area contributed by atoms with Crippen LogP contribution in [0.4, 0.5) is 0 Å². The van der Waals surface area contributed by atoms with Gasteiger partial charge in [0.15, 0.2) is 0 Å². The summed E-state index contributed by atoms with van der Waals surface area (Å²) in [6.07, 6.45) is 5.45. The van der Waals surface area contributed by atoms with Gasteiger partial charge in [0.2, 0.25) is 10.0 Å². The molecular weight excluding hydrogens is 328 g/mol. The van der Waals surface area contributed by atoms with Crippen LogP contribution in [0.2, 0.25) is 0 Å². The summed E-state index contributed by atoms with van der Waals surface area (Å²) >= 11 is 0. The Morgan fingerprint density at radius 3 is 2.92 bits per heavy atom. The molecule has 1 aromatic heterocycles. The van der Waals surface area contributed by atoms with Crippen LogP contribution in [0.3, 0.4) is 0 Å². The Hall–Kier alpha value is -2.19. The Morgan fingerprint density at radius 1 is 1.38 bits per heavy atom. The van der Waals surface area contributed by atoms with Crippen LogP contribution in [0.5, 0.6) is 0 Å². The molecular formula is C16H20N4O3S. The number of hydrogen-bond donors (Lipinski definition) is 1. The highest BCUT2D eigenvalue weighted by atomic mass is 32.2. The molecule has 1 N–H and O–H groups in total. The number of carbonyl (C=O) groups excluding carboxylic acids is 1. The topological polar surface area (TPSA) is 84.3 Å². The molecule has 1 aromatic carbocycles. The molecule has 1 saturated heterocycles. The van der Waals surface area contributed by atoms with Crippen LogP contribution in [0, 0.1) is 0 Å². The van der Waals surface area contributed by atoms with Crippen LogP contribution in [0.15, 0.2) is 47.6 Å². The fourth-order valence-corrected chi connectivity index (χ4v) is 3.77. The maximum atomic E-state index is 12.8. The van der Waals surface area contributed by atoms with Gasteiger partial charge in [0.1, 0.15) is 0 Å². The minimum absolute atomic E-state index is 0.0713. The molecule has 1 fully saturated rings. The van der Waals surface area contributed by atoms with Crippen molar-refractivity contribution in [2.45, 2.75) is 30.3 Å². The highest BCUT2D eigenvalue weighted by Crippen LogP contribution is 2.22. The van der Waals surface area contributed by atoms with Crippen molar-refractivity contribution in [1.29, 1.82) is 0 Å². The van der Waals surface area contributed by atoms with E-state index < -0.39 is 10.0 Å². The molecule has 128 valence electrons. The Morgan fingerprint density at radius 2 is 2.21 bits per heavy atom. The summed E-state index contributed by atoms with van der Waals surface area (Å²) in [6.45, 7) is 1.32. The third-order valence-electron chi connectivity index (χ3n) is 4.26. The van der Waals surface area contributed by atoms with E-state index in [9.17, 15) is 13.2 Å². The molecule has 8 heteroatoms. The Labute approximate surface area is 141 Å². The van der Waals surface area contributed by atoms with Crippen molar-refractivity contribution in [3.05, 3.63) is 48.3 Å². The second-order valence-electron chi connectivity index (χ2n) is 5.76. The molecule has 1 amide bonds. The standard InChI is InChI=1S/C16H20N4O3S/c1-17-24(22,23)15-7-2-5-13(11-15)16(21)20-10-3-6-14(20)12-19-9-4-8-18-19/h2,4-5,7-9,11,14,17H,3,6,10,12H2,1H3/t14-/m0/s1. The predicted octanol–water partition coefficient (Wildman–Crippen LogP) is 1.10. The van der Waals surface area contributed by atoms with Crippen molar-refractivity contribution in [3.63, 3.8) is 0 Å². The van der Waals surface area contributed by atoms with Gasteiger partial charge in [-0.1, -0.05) is 6.07 Å². The molecule has 3 rings (SSSR count). The Kier molecular flexibility index (Phi) is 4.68. The summed E-state index contributed by atoms with van der Waals surface area (Å²) in [7, 11) is -2.22. The molecule has 0 spiro atoms. The molecule has 0 aliphatic carbocycles. The lowest BCUT2D eigenvalue weighted by molar-refractivity contribution is 0.0721. The van der Waals surface area contributed by atoms with Crippen LogP contribution < -0.4 is 4.72 Å². The van der Waals surface area contributed by atoms with E-state index in [-0.39, 0.29) is 16.8 Å². The van der Waals surface area contributed by atoms with Crippen molar-refractivity contribution in [1.82, 2.24) is 19.4 Å². The minimum Gasteiger partial charge on any atom is -0.334 e. The lowest BCUT2D eigenvalue weighted by atomic mass is 10.1. The van der Waals surface area contributed by atoms with Crippen LogP contribution >= 0.6 is 0 Å². The van der Waals surface area contributed by atoms with Gasteiger partial charge >= 0.3 is 0 Å². The predicted molar refractivity (Wildman–Crippen MR) is 89.0 cm³/mol. The first kappa shape index (κ1) is 16.7. The molecule has 0 saturated carbocycles. The van der Waals surface area contributed by atoms with Crippen molar-refractivity contribution in [3.8, 4) is 0 Å². The Bertz CT molecular complexity index is 818. The van der Waals surface area contributed by atoms with Gasteiger partial charge in [-0.25, -0.2) is 13.1 Å². The molecule has 2 aromatic rings. The lowest BCUT2D eigenvalue weighted by Gasteiger charge is -2.25. The quantitative estimate of drug-likeness (QED) is 0.877. The van der Waals surface area contributed by atoms with Gasteiger partial charge in [0, 0.05) is 24.5 Å². The van der Waals surface area contributed by atoms with E-state index >= 15 is 0 Å². The van der Waals surface area contributed by atoms with Gasteiger partial charge in [-0.15, -0.1) is 0 Å². The second kappa shape index (κ2) is 6.74. The lowest BCUT2D eigenvalue weighted by Crippen LogP contribution is -2.38. The number of benzene rings is 1. The first-order valence-corrected chi connectivity index (χ1v) is 9.31. The fraction of sp³-hybridized carbons (Fsp3) is 0.375. The van der Waals surface area contributed by atoms with Crippen molar-refractivity contribution in [2.24, 2.45) is 0 Å². The zero-order chi connectivity index (χ0) is 17.2. The molecule has 7 nitrogen and oxygen atoms in total. The number of rotatable bonds is 5. The minimum atomic E-state index is -3.57. The zero-order valence-corrected chi connectivity index (χ0v) is 14.2. The number of aromatic nitrogens is 2. The summed E-state index contributed by atoms with van der Waals surface area (Å²) < 4.78 is 27.9. The van der Waals surface area contributed by atoms with Gasteiger partial charge in [-0.05, 0) is 44.2 Å². The van der Waals surface area contributed by atoms with E-state index in [1.807, 2.05) is 21.8 Å². The van der Waals surface area contributed by atoms with Crippen LogP contribution in [-0.2, 0) is 16.6 Å². The summed E-state index contributed by atoms with van der Waals surface area (Å²) in [4.78, 5) is 14.7. The molecule has 1 aliphatic heterocycles. The average molecular weight is 348 g/mol. The normalized spacial score (nSPS) is 18.0. The number of sulfonamides is 1. The molecule has 0 bridgehead atoms. The summed E-state index contributed by atoms with van der Waals surface area (Å²) in [5.74, 6) is -0.141. The van der Waals surface area contributed by atoms with E-state index in [1.165, 1.54) is 19.2 Å². The van der Waals surface area contributed by atoms with Gasteiger partial charge in [0.25, 0.3) is 5.91 Å². The van der Waals surface area contributed by atoms with Crippen molar-refractivity contribution >= 4 is 15.9 Å². The van der Waals surface area contributed by atoms with E-state index in [2.05, 4.69) is 9.82 Å². The van der Waals surface area contributed by atoms with E-state index in [1.54, 1.807) is 18.3 Å². The Balaban J connectivity index is 1.82. The van der Waals surface area contributed by atoms with E-state index in [4.69, 9.17) is 0 Å². The monoisotopic (exact) mass is 348 g/mol. The maximum absolute atomic E-state index is 12.8. The summed E-state index contributed by atoms with van der Waals surface area (Å²) in [6, 6.07) is 8.08. The van der Waals surface area contributed by atoms with Crippen molar-refractivity contribution < 1.29 is 13.2 Å². The highest BCUT2D eigenvalue weighted by molar-refractivity contribution is 7.89. The highest BCUT2D eigenvalue weighted by Gasteiger charge is 2.30. The maximum Gasteiger partial charge on any atom is 0.254 e. The molecule has 0 unspecified atom stereocenters. The van der Waals surface area contributed by atoms with Crippen molar-refractivity contribution in [2.75, 3.05) is 13.6 Å². The fourth-order valence-electron chi connectivity index (χ4n) is 3.00. The third-order valence-corrected chi connectivity index (χ3v) is 5.67. The first-order chi connectivity index (χ1) is 11.5. The van der Waals surface area contributed by atoms with Gasteiger partial charge in [-0.3, -0.25) is 9.48 Å². The molecule has 24 heavy (non-hydrogen) atoms. The molecule has 0 radical (unpaired) electrons. The number of likely N-dealkylation sites (tertiary alicyclic amines) is 1. The largest absolute Gasteiger partial charge is 0.334 e. The number of amides is 1. The number of hydrogen-bond acceptors (Lipinski definition) is 4. The van der Waals surface area contributed by atoms with Crippen LogP contribution in [-0.4, -0.2) is 48.6 Å². The van der Waals surface area contributed by atoms with Gasteiger partial charge < -0.3 is 4.90 Å². The summed E-state index contributed by atoms with van der Waals surface area (Å²) in [5.41, 5.74) is 0.388. The summed E-state index contributed by atoms with van der Waals surface area (Å²) in [5, 5.41) is 4.19. The van der Waals surface area contributed by atoms with Crippen LogP contribution in [0.25, 0.3) is 0 Å². The zero-order valence-electron chi connectivity index (χ0n) is 13.4. The second-order valence-corrected chi connectivity index (χ2v) is 7.64. The first-order valence-electron chi connectivity index (χ1n) is 7.83. The SMILES string of the molecule is CNS(=O)(=O)c1cccc(C(=O)N2CCC[C@H]2Cn2cccn2)c1. The molecule has 1 atom stereocenters.